The van der Waals surface area contributed by atoms with Gasteiger partial charge in [-0.3, -0.25) is 4.79 Å². The summed E-state index contributed by atoms with van der Waals surface area (Å²) in [5.41, 5.74) is 0. The first kappa shape index (κ1) is 13.8. The number of nitrogens with one attached hydrogen (secondary N) is 1. The maximum absolute atomic E-state index is 12.2. The first-order valence-electron chi connectivity index (χ1n) is 6.54. The van der Waals surface area contributed by atoms with Crippen molar-refractivity contribution >= 4 is 11.9 Å². The molecule has 0 aliphatic carbocycles. The molecule has 1 amide bonds. The summed E-state index contributed by atoms with van der Waals surface area (Å²) in [6.07, 6.45) is 0. The number of rotatable bonds is 4. The lowest BCUT2D eigenvalue weighted by atomic mass is 10.2. The van der Waals surface area contributed by atoms with Crippen molar-refractivity contribution in [3.63, 3.8) is 0 Å². The van der Waals surface area contributed by atoms with Crippen molar-refractivity contribution in [2.75, 3.05) is 31.6 Å². The number of hydrogen-bond donors (Lipinski definition) is 1. The molecule has 7 heteroatoms. The fourth-order valence-corrected chi connectivity index (χ4v) is 1.83. The third-order valence-corrected chi connectivity index (χ3v) is 2.99. The van der Waals surface area contributed by atoms with E-state index < -0.39 is 6.04 Å². The molecule has 1 aliphatic rings. The van der Waals surface area contributed by atoms with Crippen LogP contribution in [0.4, 0.5) is 6.01 Å². The van der Waals surface area contributed by atoms with Crippen LogP contribution in [0, 0.1) is 0 Å². The topological polar surface area (TPSA) is 80.5 Å². The maximum atomic E-state index is 12.2. The molecular weight excluding hydrogens is 248 g/mol. The molecule has 2 rings (SSSR count). The highest BCUT2D eigenvalue weighted by atomic mass is 16.5. The Labute approximate surface area is 112 Å². The number of morpholine rings is 1. The van der Waals surface area contributed by atoms with E-state index in [1.165, 1.54) is 0 Å². The minimum Gasteiger partial charge on any atom is -0.378 e. The van der Waals surface area contributed by atoms with E-state index in [1.807, 2.05) is 13.8 Å². The molecule has 1 unspecified atom stereocenters. The van der Waals surface area contributed by atoms with Crippen molar-refractivity contribution in [2.45, 2.75) is 32.7 Å². The summed E-state index contributed by atoms with van der Waals surface area (Å²) in [5, 5.41) is 6.79. The Morgan fingerprint density at radius 1 is 1.32 bits per heavy atom. The molecule has 1 aromatic heterocycles. The predicted molar refractivity (Wildman–Crippen MR) is 68.9 cm³/mol. The molecule has 1 atom stereocenters. The number of carbonyl (C=O) groups is 1. The molecule has 2 heterocycles. The zero-order valence-electron chi connectivity index (χ0n) is 11.5. The zero-order chi connectivity index (χ0) is 13.8. The Kier molecular flexibility index (Phi) is 4.36. The number of aromatic nitrogens is 2. The molecule has 0 radical (unpaired) electrons. The molecule has 7 nitrogen and oxygen atoms in total. The summed E-state index contributed by atoms with van der Waals surface area (Å²) >= 11 is 0. The Bertz CT molecular complexity index is 426. The summed E-state index contributed by atoms with van der Waals surface area (Å²) in [6, 6.07) is -0.101. The Morgan fingerprint density at radius 3 is 2.58 bits per heavy atom. The zero-order valence-corrected chi connectivity index (χ0v) is 11.5. The standard InChI is InChI=1S/C12H20N4O3/c1-8(2)10-14-12(19-15-10)13-9(3)11(17)16-4-6-18-7-5-16/h8-9H,4-7H2,1-3H3,(H,13,14,15). The van der Waals surface area contributed by atoms with E-state index >= 15 is 0 Å². The summed E-state index contributed by atoms with van der Waals surface area (Å²) in [7, 11) is 0. The van der Waals surface area contributed by atoms with Crippen molar-refractivity contribution in [3.8, 4) is 0 Å². The van der Waals surface area contributed by atoms with Gasteiger partial charge in [0.05, 0.1) is 13.2 Å². The van der Waals surface area contributed by atoms with Gasteiger partial charge in [-0.2, -0.15) is 4.98 Å². The third-order valence-electron chi connectivity index (χ3n) is 2.99. The lowest BCUT2D eigenvalue weighted by Gasteiger charge is -2.29. The molecule has 1 N–H and O–H groups in total. The van der Waals surface area contributed by atoms with Gasteiger partial charge in [-0.1, -0.05) is 19.0 Å². The maximum Gasteiger partial charge on any atom is 0.322 e. The van der Waals surface area contributed by atoms with Gasteiger partial charge in [-0.15, -0.1) is 0 Å². The molecule has 0 saturated carbocycles. The lowest BCUT2D eigenvalue weighted by Crippen LogP contribution is -2.47. The minimum absolute atomic E-state index is 0.0209. The van der Waals surface area contributed by atoms with E-state index in [9.17, 15) is 4.79 Å². The van der Waals surface area contributed by atoms with Crippen molar-refractivity contribution in [1.29, 1.82) is 0 Å². The van der Waals surface area contributed by atoms with Gasteiger partial charge >= 0.3 is 6.01 Å². The number of anilines is 1. The molecule has 1 fully saturated rings. The number of carbonyl (C=O) groups excluding carboxylic acids is 1. The van der Waals surface area contributed by atoms with Crippen LogP contribution in [-0.2, 0) is 9.53 Å². The summed E-state index contributed by atoms with van der Waals surface area (Å²) in [6.45, 7) is 8.20. The van der Waals surface area contributed by atoms with Crippen LogP contribution >= 0.6 is 0 Å². The van der Waals surface area contributed by atoms with E-state index in [1.54, 1.807) is 11.8 Å². The molecule has 1 aromatic rings. The van der Waals surface area contributed by atoms with Crippen LogP contribution in [0.5, 0.6) is 0 Å². The van der Waals surface area contributed by atoms with E-state index in [-0.39, 0.29) is 17.8 Å². The van der Waals surface area contributed by atoms with Gasteiger partial charge in [0.15, 0.2) is 5.82 Å². The summed E-state index contributed by atoms with van der Waals surface area (Å²) < 4.78 is 10.3. The number of amides is 1. The normalized spacial score (nSPS) is 17.6. The van der Waals surface area contributed by atoms with Crippen molar-refractivity contribution < 1.29 is 14.1 Å². The first-order chi connectivity index (χ1) is 9.08. The first-order valence-corrected chi connectivity index (χ1v) is 6.54. The van der Waals surface area contributed by atoms with Crippen LogP contribution in [-0.4, -0.2) is 53.3 Å². The monoisotopic (exact) mass is 268 g/mol. The summed E-state index contributed by atoms with van der Waals surface area (Å²) in [5.74, 6) is 0.852. The second-order valence-electron chi connectivity index (χ2n) is 4.92. The molecule has 0 bridgehead atoms. The van der Waals surface area contributed by atoms with Crippen molar-refractivity contribution in [3.05, 3.63) is 5.82 Å². The van der Waals surface area contributed by atoms with Gasteiger partial charge in [0.2, 0.25) is 5.91 Å². The summed E-state index contributed by atoms with van der Waals surface area (Å²) in [4.78, 5) is 18.1. The van der Waals surface area contributed by atoms with Crippen LogP contribution < -0.4 is 5.32 Å². The van der Waals surface area contributed by atoms with E-state index in [0.29, 0.717) is 32.1 Å². The second-order valence-corrected chi connectivity index (χ2v) is 4.92. The van der Waals surface area contributed by atoms with E-state index in [0.717, 1.165) is 0 Å². The van der Waals surface area contributed by atoms with Gasteiger partial charge in [0, 0.05) is 19.0 Å². The quantitative estimate of drug-likeness (QED) is 0.872. The number of ether oxygens (including phenoxy) is 1. The van der Waals surface area contributed by atoms with E-state index in [4.69, 9.17) is 9.26 Å². The molecule has 1 aliphatic heterocycles. The Morgan fingerprint density at radius 2 is 2.00 bits per heavy atom. The van der Waals surface area contributed by atoms with Crippen molar-refractivity contribution in [2.24, 2.45) is 0 Å². The fraction of sp³-hybridized carbons (Fsp3) is 0.750. The molecule has 0 spiro atoms. The van der Waals surface area contributed by atoms with Crippen LogP contribution in [0.3, 0.4) is 0 Å². The van der Waals surface area contributed by atoms with Crippen molar-refractivity contribution in [1.82, 2.24) is 15.0 Å². The molecule has 0 aromatic carbocycles. The Hall–Kier alpha value is -1.63. The third kappa shape index (κ3) is 3.44. The van der Waals surface area contributed by atoms with Gasteiger partial charge in [0.25, 0.3) is 0 Å². The molecule has 1 saturated heterocycles. The number of hydrogen-bond acceptors (Lipinski definition) is 6. The highest BCUT2D eigenvalue weighted by Crippen LogP contribution is 2.13. The average Bonchev–Trinajstić information content (AvgIpc) is 2.87. The van der Waals surface area contributed by atoms with Crippen LogP contribution in [0.1, 0.15) is 32.5 Å². The Balaban J connectivity index is 1.91. The lowest BCUT2D eigenvalue weighted by molar-refractivity contribution is -0.135. The molecule has 19 heavy (non-hydrogen) atoms. The second kappa shape index (κ2) is 6.01. The SMILES string of the molecule is CC(Nc1nc(C(C)C)no1)C(=O)N1CCOCC1. The largest absolute Gasteiger partial charge is 0.378 e. The van der Waals surface area contributed by atoms with Crippen LogP contribution in [0.15, 0.2) is 4.52 Å². The van der Waals surface area contributed by atoms with Crippen LogP contribution in [0.25, 0.3) is 0 Å². The average molecular weight is 268 g/mol. The highest BCUT2D eigenvalue weighted by Gasteiger charge is 2.23. The van der Waals surface area contributed by atoms with Gasteiger partial charge in [-0.25, -0.2) is 0 Å². The molecular formula is C12H20N4O3. The van der Waals surface area contributed by atoms with Crippen LogP contribution in [0.2, 0.25) is 0 Å². The van der Waals surface area contributed by atoms with Gasteiger partial charge in [0.1, 0.15) is 6.04 Å². The van der Waals surface area contributed by atoms with E-state index in [2.05, 4.69) is 15.5 Å². The van der Waals surface area contributed by atoms with Gasteiger partial charge < -0.3 is 19.5 Å². The smallest absolute Gasteiger partial charge is 0.322 e. The van der Waals surface area contributed by atoms with Gasteiger partial charge in [-0.05, 0) is 6.92 Å². The molecule has 106 valence electrons. The fourth-order valence-electron chi connectivity index (χ4n) is 1.83. The predicted octanol–water partition coefficient (Wildman–Crippen LogP) is 0.852. The highest BCUT2D eigenvalue weighted by molar-refractivity contribution is 5.83. The minimum atomic E-state index is -0.390. The number of nitrogens with zero attached hydrogens (tertiary/aromatic N) is 3.